The van der Waals surface area contributed by atoms with Crippen LogP contribution in [0, 0.1) is 0 Å². The Morgan fingerprint density at radius 1 is 0.529 bits per heavy atom. The average Bonchev–Trinajstić information content (AvgIpc) is 3.31. The summed E-state index contributed by atoms with van der Waals surface area (Å²) in [6.07, 6.45) is 6.64. The Morgan fingerprint density at radius 2 is 0.971 bits per heavy atom. The number of esters is 1. The van der Waals surface area contributed by atoms with E-state index in [1.807, 2.05) is 46.4 Å². The minimum absolute atomic E-state index is 0.0187. The van der Waals surface area contributed by atoms with Gasteiger partial charge in [0.2, 0.25) is 5.75 Å². The summed E-state index contributed by atoms with van der Waals surface area (Å²) in [6, 6.07) is 7.33. The molecular formula is C52H79NO17. The molecule has 1 unspecified atom stereocenters. The zero-order valence-corrected chi connectivity index (χ0v) is 42.6. The van der Waals surface area contributed by atoms with E-state index in [2.05, 4.69) is 31.2 Å². The Bertz CT molecular complexity index is 1740. The van der Waals surface area contributed by atoms with Gasteiger partial charge in [0, 0.05) is 13.1 Å². The van der Waals surface area contributed by atoms with Crippen LogP contribution in [0.15, 0.2) is 81.0 Å². The van der Waals surface area contributed by atoms with Crippen LogP contribution in [0.4, 0.5) is 0 Å². The molecule has 0 spiro atoms. The molecule has 0 aliphatic rings. The fourth-order valence-corrected chi connectivity index (χ4v) is 5.98. The molecule has 394 valence electrons. The van der Waals surface area contributed by atoms with Gasteiger partial charge in [-0.15, -0.1) is 13.2 Å². The molecule has 70 heavy (non-hydrogen) atoms. The first-order chi connectivity index (χ1) is 33.7. The third-order valence-electron chi connectivity index (χ3n) is 8.91. The van der Waals surface area contributed by atoms with Gasteiger partial charge in [-0.05, 0) is 71.4 Å². The number of hydrogen-bond donors (Lipinski definition) is 0. The van der Waals surface area contributed by atoms with Crippen molar-refractivity contribution < 1.29 is 80.9 Å². The molecule has 0 saturated carbocycles. The Balaban J connectivity index is 2.14. The number of rotatable bonds is 42. The lowest BCUT2D eigenvalue weighted by atomic mass is 10.0. The largest absolute Gasteiger partial charge is 0.487 e. The van der Waals surface area contributed by atoms with Gasteiger partial charge in [-0.25, -0.2) is 9.59 Å². The minimum Gasteiger partial charge on any atom is -0.487 e. The van der Waals surface area contributed by atoms with E-state index in [9.17, 15) is 9.59 Å². The van der Waals surface area contributed by atoms with E-state index in [-0.39, 0.29) is 100 Å². The lowest BCUT2D eigenvalue weighted by Gasteiger charge is -2.29. The van der Waals surface area contributed by atoms with E-state index in [0.717, 1.165) is 0 Å². The highest BCUT2D eigenvalue weighted by atomic mass is 17.2. The summed E-state index contributed by atoms with van der Waals surface area (Å²) in [5.41, 5.74) is 0.200. The van der Waals surface area contributed by atoms with Crippen molar-refractivity contribution in [1.29, 1.82) is 0 Å². The normalized spacial score (nSPS) is 11.9. The minimum atomic E-state index is -0.839. The van der Waals surface area contributed by atoms with E-state index in [1.165, 1.54) is 19.2 Å². The number of ether oxygens (including phenoxy) is 13. The fourth-order valence-electron chi connectivity index (χ4n) is 5.98. The van der Waals surface area contributed by atoms with Crippen LogP contribution < -0.4 is 23.7 Å². The highest BCUT2D eigenvalue weighted by Crippen LogP contribution is 2.39. The zero-order chi connectivity index (χ0) is 51.5. The molecule has 18 nitrogen and oxygen atoms in total. The summed E-state index contributed by atoms with van der Waals surface area (Å²) in [7, 11) is 1.22. The van der Waals surface area contributed by atoms with E-state index < -0.39 is 18.0 Å². The predicted octanol–water partition coefficient (Wildman–Crippen LogP) is 7.34. The van der Waals surface area contributed by atoms with Crippen LogP contribution in [0.25, 0.3) is 0 Å². The van der Waals surface area contributed by atoms with Crippen LogP contribution in [0.3, 0.4) is 0 Å². The van der Waals surface area contributed by atoms with Gasteiger partial charge in [-0.3, -0.25) is 9.79 Å². The molecule has 0 aromatic heterocycles. The molecule has 2 aromatic carbocycles. The Morgan fingerprint density at radius 3 is 1.43 bits per heavy atom. The predicted molar refractivity (Wildman–Crippen MR) is 264 cm³/mol. The van der Waals surface area contributed by atoms with Gasteiger partial charge >= 0.3 is 11.9 Å². The maximum Gasteiger partial charge on any atom is 0.373 e. The van der Waals surface area contributed by atoms with E-state index in [4.69, 9.17) is 66.5 Å². The van der Waals surface area contributed by atoms with Crippen molar-refractivity contribution in [1.82, 2.24) is 4.90 Å². The number of nitrogens with zero attached hydrogens (tertiary/aromatic N) is 1. The molecular weight excluding hydrogens is 911 g/mol. The standard InChI is InChI=1S/C52H79NO17/c1-12-18-53(19-13-2)47(41-16-17-43(62-20-14-3)44(38-41)63-21-15-4)50(55)67-35-29-61-28-34-66-48-45(64-32-26-57-22-24-59-30-36-68-51(5,6)7)39-42(49(54)70-56-11)40-46(48)65-33-27-58-23-25-60-31-37-69-52(8,9)10/h12-17,38-40,47H,1-4,18-37H2,5-11H3. The molecule has 2 aromatic rings. The lowest BCUT2D eigenvalue weighted by Crippen LogP contribution is -2.36. The topological polar surface area (TPSA) is 176 Å². The van der Waals surface area contributed by atoms with Crippen LogP contribution in [0.2, 0.25) is 0 Å². The SMILES string of the molecule is C=CCOc1ccc(C(C(=O)OCCOCCOc2c(OCCOCCOCCOC(C)(C)C)cc(C(=O)OOC)cc2OCCOCCOCCOC(C)(C)C)N(CC=C)CC=C)cc1OCC=C. The molecule has 0 aliphatic carbocycles. The summed E-state index contributed by atoms with van der Waals surface area (Å²) < 4.78 is 75.6. The van der Waals surface area contributed by atoms with Gasteiger partial charge in [0.05, 0.1) is 103 Å². The van der Waals surface area contributed by atoms with E-state index in [1.54, 1.807) is 42.5 Å². The average molecular weight is 990 g/mol. The number of carbonyl (C=O) groups excluding carboxylic acids is 2. The van der Waals surface area contributed by atoms with Crippen molar-refractivity contribution in [3.8, 4) is 28.7 Å². The first-order valence-corrected chi connectivity index (χ1v) is 23.4. The second-order valence-electron chi connectivity index (χ2n) is 16.9. The third-order valence-corrected chi connectivity index (χ3v) is 8.91. The second-order valence-corrected chi connectivity index (χ2v) is 16.9. The van der Waals surface area contributed by atoms with Crippen molar-refractivity contribution in [2.75, 3.05) is 139 Å². The smallest absolute Gasteiger partial charge is 0.373 e. The van der Waals surface area contributed by atoms with Crippen molar-refractivity contribution in [3.63, 3.8) is 0 Å². The number of hydrogen-bond acceptors (Lipinski definition) is 18. The summed E-state index contributed by atoms with van der Waals surface area (Å²) in [5, 5.41) is 0. The Kier molecular flexibility index (Phi) is 31.4. The molecule has 0 fully saturated rings. The maximum atomic E-state index is 13.8. The second kappa shape index (κ2) is 36.0. The van der Waals surface area contributed by atoms with Gasteiger partial charge in [-0.2, -0.15) is 4.89 Å². The number of carbonyl (C=O) groups is 2. The first kappa shape index (κ1) is 61.1. The molecule has 1 atom stereocenters. The van der Waals surface area contributed by atoms with Crippen molar-refractivity contribution >= 4 is 11.9 Å². The highest BCUT2D eigenvalue weighted by Gasteiger charge is 2.29. The highest BCUT2D eigenvalue weighted by molar-refractivity contribution is 5.90. The van der Waals surface area contributed by atoms with Gasteiger partial charge in [0.1, 0.15) is 45.7 Å². The molecule has 0 heterocycles. The van der Waals surface area contributed by atoms with Crippen LogP contribution in [-0.2, 0) is 52.5 Å². The summed E-state index contributed by atoms with van der Waals surface area (Å²) in [5.74, 6) is 0.162. The molecule has 18 heteroatoms. The van der Waals surface area contributed by atoms with Crippen molar-refractivity contribution in [2.24, 2.45) is 0 Å². The van der Waals surface area contributed by atoms with Gasteiger partial charge in [0.25, 0.3) is 0 Å². The lowest BCUT2D eigenvalue weighted by molar-refractivity contribution is -0.216. The molecule has 0 aliphatic heterocycles. The zero-order valence-electron chi connectivity index (χ0n) is 42.6. The van der Waals surface area contributed by atoms with Gasteiger partial charge in [-0.1, -0.05) is 43.5 Å². The van der Waals surface area contributed by atoms with E-state index in [0.29, 0.717) is 83.0 Å². The van der Waals surface area contributed by atoms with Crippen LogP contribution in [-0.4, -0.2) is 167 Å². The Hall–Kier alpha value is -5.02. The van der Waals surface area contributed by atoms with Gasteiger partial charge < -0.3 is 61.6 Å². The Labute approximate surface area is 415 Å². The van der Waals surface area contributed by atoms with Crippen LogP contribution in [0.5, 0.6) is 28.7 Å². The van der Waals surface area contributed by atoms with Gasteiger partial charge in [0.15, 0.2) is 23.0 Å². The monoisotopic (exact) mass is 990 g/mol. The molecule has 0 saturated heterocycles. The third kappa shape index (κ3) is 26.8. The quantitative estimate of drug-likeness (QED) is 0.0212. The van der Waals surface area contributed by atoms with E-state index >= 15 is 0 Å². The molecule has 0 bridgehead atoms. The molecule has 0 radical (unpaired) electrons. The first-order valence-electron chi connectivity index (χ1n) is 23.4. The van der Waals surface area contributed by atoms with Crippen LogP contribution in [0.1, 0.15) is 63.5 Å². The molecule has 0 amide bonds. The number of benzene rings is 2. The van der Waals surface area contributed by atoms with Crippen molar-refractivity contribution in [3.05, 3.63) is 92.1 Å². The maximum absolute atomic E-state index is 13.8. The molecule has 2 rings (SSSR count). The summed E-state index contributed by atoms with van der Waals surface area (Å²) >= 11 is 0. The van der Waals surface area contributed by atoms with Crippen LogP contribution >= 0.6 is 0 Å². The molecule has 0 N–H and O–H groups in total. The fraction of sp³-hybridized carbons (Fsp3) is 0.577. The summed E-state index contributed by atoms with van der Waals surface area (Å²) in [6.45, 7) is 32.2. The van der Waals surface area contributed by atoms with Crippen molar-refractivity contribution in [2.45, 2.75) is 58.8 Å². The summed E-state index contributed by atoms with van der Waals surface area (Å²) in [4.78, 5) is 38.0.